The zero-order chi connectivity index (χ0) is 24.7. The molecule has 1 saturated heterocycles. The maximum absolute atomic E-state index is 11.5. The van der Waals surface area contributed by atoms with Gasteiger partial charge in [0.15, 0.2) is 0 Å². The molecule has 1 unspecified atom stereocenters. The number of likely N-dealkylation sites (N-methyl/N-ethyl adjacent to an activating group) is 1. The number of anilines is 2. The quantitative estimate of drug-likeness (QED) is 0.433. The highest BCUT2D eigenvalue weighted by atomic mass is 32.2. The molecule has 0 spiro atoms. The Kier molecular flexibility index (Phi) is 9.31. The number of pyridine rings is 1. The van der Waals surface area contributed by atoms with Crippen molar-refractivity contribution < 1.29 is 8.76 Å². The highest BCUT2D eigenvalue weighted by Crippen LogP contribution is 2.34. The fourth-order valence-corrected chi connectivity index (χ4v) is 5.55. The van der Waals surface area contributed by atoms with Gasteiger partial charge in [0.2, 0.25) is 0 Å². The van der Waals surface area contributed by atoms with E-state index in [4.69, 9.17) is 4.98 Å². The first-order valence-corrected chi connectivity index (χ1v) is 13.4. The summed E-state index contributed by atoms with van der Waals surface area (Å²) in [5, 5.41) is 20.5. The van der Waals surface area contributed by atoms with Crippen molar-refractivity contribution in [1.29, 1.82) is 10.5 Å². The summed E-state index contributed by atoms with van der Waals surface area (Å²) in [7, 11) is 2.10. The van der Waals surface area contributed by atoms with Crippen LogP contribution in [0.3, 0.4) is 0 Å². The average Bonchev–Trinajstić information content (AvgIpc) is 3.06. The second kappa shape index (κ2) is 12.2. The molecule has 3 rings (SSSR count). The summed E-state index contributed by atoms with van der Waals surface area (Å²) in [5.74, 6) is 1.27. The minimum absolute atomic E-state index is 0.423. The number of hydrogen-bond donors (Lipinski definition) is 1. The van der Waals surface area contributed by atoms with E-state index in [-0.39, 0.29) is 0 Å². The lowest BCUT2D eigenvalue weighted by Gasteiger charge is -2.25. The van der Waals surface area contributed by atoms with E-state index >= 15 is 0 Å². The van der Waals surface area contributed by atoms with Crippen molar-refractivity contribution in [3.63, 3.8) is 0 Å². The summed E-state index contributed by atoms with van der Waals surface area (Å²) in [4.78, 5) is 9.31. The highest BCUT2D eigenvalue weighted by Gasteiger charge is 2.24. The molecule has 2 aromatic rings. The normalized spacial score (nSPS) is 15.3. The first kappa shape index (κ1) is 26.0. The average molecular weight is 499 g/mol. The van der Waals surface area contributed by atoms with Crippen LogP contribution < -0.4 is 9.21 Å². The minimum atomic E-state index is -2.07. The van der Waals surface area contributed by atoms with Crippen LogP contribution in [0.5, 0.6) is 0 Å². The molecule has 1 fully saturated rings. The van der Waals surface area contributed by atoms with Gasteiger partial charge in [-0.2, -0.15) is 10.5 Å². The molecule has 1 N–H and O–H groups in total. The van der Waals surface area contributed by atoms with E-state index in [9.17, 15) is 19.3 Å². The summed E-state index contributed by atoms with van der Waals surface area (Å²) in [6, 6.07) is 12.1. The molecule has 2 heterocycles. The summed E-state index contributed by atoms with van der Waals surface area (Å²) >= 11 is -0.586. The molecule has 1 aliphatic rings. The van der Waals surface area contributed by atoms with Gasteiger partial charge in [-0.15, -0.1) is 11.8 Å². The maximum Gasteiger partial charge on any atom is 0.261 e. The molecule has 0 radical (unpaired) electrons. The fraction of sp³-hybridized carbons (Fsp3) is 0.458. The molecular formula is C24H30N6O2S2. The molecule has 1 aromatic carbocycles. The van der Waals surface area contributed by atoms with Crippen LogP contribution in [0.1, 0.15) is 42.5 Å². The molecule has 1 aliphatic heterocycles. The Morgan fingerprint density at radius 3 is 2.41 bits per heavy atom. The maximum atomic E-state index is 11.5. The van der Waals surface area contributed by atoms with E-state index in [0.717, 1.165) is 43.7 Å². The van der Waals surface area contributed by atoms with Gasteiger partial charge < -0.3 is 9.80 Å². The second-order valence-electron chi connectivity index (χ2n) is 8.07. The van der Waals surface area contributed by atoms with E-state index in [2.05, 4.69) is 29.0 Å². The number of nitrogens with zero attached hydrogens (tertiary/aromatic N) is 6. The molecule has 0 saturated carbocycles. The Balaban J connectivity index is 1.91. The van der Waals surface area contributed by atoms with Crippen LogP contribution in [0.15, 0.2) is 29.3 Å². The van der Waals surface area contributed by atoms with Crippen molar-refractivity contribution >= 4 is 34.5 Å². The zero-order valence-electron chi connectivity index (χ0n) is 19.8. The number of aromatic nitrogens is 1. The van der Waals surface area contributed by atoms with Crippen LogP contribution in [-0.2, 0) is 23.4 Å². The molecule has 0 bridgehead atoms. The summed E-state index contributed by atoms with van der Waals surface area (Å²) in [5.41, 5.74) is 3.43. The monoisotopic (exact) mass is 498 g/mol. The van der Waals surface area contributed by atoms with Crippen LogP contribution in [0.4, 0.5) is 11.5 Å². The van der Waals surface area contributed by atoms with Gasteiger partial charge in [0.05, 0.1) is 16.8 Å². The third kappa shape index (κ3) is 5.89. The van der Waals surface area contributed by atoms with E-state index in [0.29, 0.717) is 46.4 Å². The predicted octanol–water partition coefficient (Wildman–Crippen LogP) is 3.78. The van der Waals surface area contributed by atoms with Gasteiger partial charge in [0.1, 0.15) is 23.0 Å². The Hall–Kier alpha value is -2.63. The summed E-state index contributed by atoms with van der Waals surface area (Å²) in [6.45, 7) is 7.73. The number of nitriles is 2. The van der Waals surface area contributed by atoms with E-state index in [1.54, 1.807) is 0 Å². The summed E-state index contributed by atoms with van der Waals surface area (Å²) < 4.78 is 22.3. The SMILES string of the molecule is CCc1c(C#N)c(SCc2ccc(N(CC)S(=O)O)cc2)nc(N2CCCN(C)CC2)c1C#N. The van der Waals surface area contributed by atoms with Crippen molar-refractivity contribution in [1.82, 2.24) is 9.88 Å². The van der Waals surface area contributed by atoms with Gasteiger partial charge in [-0.3, -0.25) is 8.86 Å². The molecule has 180 valence electrons. The second-order valence-corrected chi connectivity index (χ2v) is 9.94. The molecule has 1 aromatic heterocycles. The van der Waals surface area contributed by atoms with Crippen LogP contribution in [0.2, 0.25) is 0 Å². The molecule has 1 atom stereocenters. The number of rotatable bonds is 8. The van der Waals surface area contributed by atoms with Crippen LogP contribution in [0, 0.1) is 22.7 Å². The first-order valence-electron chi connectivity index (χ1n) is 11.3. The Bertz CT molecular complexity index is 1110. The Morgan fingerprint density at radius 1 is 1.12 bits per heavy atom. The topological polar surface area (TPSA) is 107 Å². The number of hydrogen-bond acceptors (Lipinski definition) is 7. The third-order valence-corrected chi connectivity index (χ3v) is 7.81. The van der Waals surface area contributed by atoms with E-state index in [1.165, 1.54) is 16.1 Å². The lowest BCUT2D eigenvalue weighted by atomic mass is 10.0. The fourth-order valence-electron chi connectivity index (χ4n) is 4.07. The van der Waals surface area contributed by atoms with E-state index in [1.807, 2.05) is 38.1 Å². The molecular weight excluding hydrogens is 468 g/mol. The number of thioether (sulfide) groups is 1. The largest absolute Gasteiger partial charge is 0.354 e. The van der Waals surface area contributed by atoms with Crippen LogP contribution >= 0.6 is 11.8 Å². The number of benzene rings is 1. The lowest BCUT2D eigenvalue weighted by molar-refractivity contribution is 0.360. The minimum Gasteiger partial charge on any atom is -0.354 e. The molecule has 10 heteroatoms. The van der Waals surface area contributed by atoms with Gasteiger partial charge in [-0.1, -0.05) is 19.1 Å². The van der Waals surface area contributed by atoms with Crippen molar-refractivity contribution in [2.24, 2.45) is 0 Å². The molecule has 34 heavy (non-hydrogen) atoms. The van der Waals surface area contributed by atoms with E-state index < -0.39 is 11.3 Å². The predicted molar refractivity (Wildman–Crippen MR) is 137 cm³/mol. The van der Waals surface area contributed by atoms with Gasteiger partial charge in [-0.05, 0) is 56.6 Å². The van der Waals surface area contributed by atoms with Gasteiger partial charge >= 0.3 is 0 Å². The molecule has 8 nitrogen and oxygen atoms in total. The highest BCUT2D eigenvalue weighted by molar-refractivity contribution is 7.98. The first-order chi connectivity index (χ1) is 16.4. The van der Waals surface area contributed by atoms with Crippen molar-refractivity contribution in [3.05, 3.63) is 46.5 Å². The Morgan fingerprint density at radius 2 is 1.82 bits per heavy atom. The Labute approximate surface area is 208 Å². The lowest BCUT2D eigenvalue weighted by Crippen LogP contribution is -2.30. The molecule has 0 amide bonds. The standard InChI is InChI=1S/C24H30N6O2S2/c1-4-20-21(15-25)23(29-12-6-11-28(3)13-14-29)27-24(22(20)16-26)33-17-18-7-9-19(10-8-18)30(5-2)34(31)32/h7-10H,4-6,11-14,17H2,1-3H3,(H,31,32). The van der Waals surface area contributed by atoms with Crippen LogP contribution in [-0.4, -0.2) is 58.4 Å². The van der Waals surface area contributed by atoms with Crippen LogP contribution in [0.25, 0.3) is 0 Å². The van der Waals surface area contributed by atoms with Gasteiger partial charge in [0.25, 0.3) is 11.3 Å². The van der Waals surface area contributed by atoms with Crippen molar-refractivity contribution in [2.75, 3.05) is 49.0 Å². The third-order valence-electron chi connectivity index (χ3n) is 5.92. The smallest absolute Gasteiger partial charge is 0.261 e. The van der Waals surface area contributed by atoms with Crippen molar-refractivity contribution in [2.45, 2.75) is 37.5 Å². The van der Waals surface area contributed by atoms with Crippen molar-refractivity contribution in [3.8, 4) is 12.1 Å². The van der Waals surface area contributed by atoms with Gasteiger partial charge in [0, 0.05) is 31.9 Å². The summed E-state index contributed by atoms with van der Waals surface area (Å²) in [6.07, 6.45) is 1.58. The molecule has 0 aliphatic carbocycles. The zero-order valence-corrected chi connectivity index (χ0v) is 21.5. The van der Waals surface area contributed by atoms with Gasteiger partial charge in [-0.25, -0.2) is 9.19 Å².